The third-order valence-corrected chi connectivity index (χ3v) is 1.68. The predicted molar refractivity (Wildman–Crippen MR) is 59.2 cm³/mol. The molecular weight excluding hydrogens is 305 g/mol. The van der Waals surface area contributed by atoms with Gasteiger partial charge in [-0.1, -0.05) is 0 Å². The molecule has 0 aliphatic heterocycles. The van der Waals surface area contributed by atoms with Gasteiger partial charge in [0.2, 0.25) is 5.91 Å². The van der Waals surface area contributed by atoms with E-state index < -0.39 is 42.6 Å². The number of carboxylic acid groups (broad SMARTS) is 3. The van der Waals surface area contributed by atoms with Crippen LogP contribution in [-0.4, -0.2) is 57.9 Å². The van der Waals surface area contributed by atoms with Crippen LogP contribution in [0, 0.1) is 0 Å². The summed E-state index contributed by atoms with van der Waals surface area (Å²) in [5.41, 5.74) is 5.12. The highest BCUT2D eigenvalue weighted by molar-refractivity contribution is 5.82. The number of alkyl halides is 3. The van der Waals surface area contributed by atoms with E-state index in [0.29, 0.717) is 0 Å². The van der Waals surface area contributed by atoms with Gasteiger partial charge < -0.3 is 26.4 Å². The molecular formula is C9H13F3N2O7. The number of aliphatic carboxylic acids is 3. The van der Waals surface area contributed by atoms with Crippen LogP contribution < -0.4 is 11.1 Å². The predicted octanol–water partition coefficient (Wildman–Crippen LogP) is -0.987. The first-order chi connectivity index (χ1) is 9.37. The van der Waals surface area contributed by atoms with Gasteiger partial charge in [0.1, 0.15) is 12.6 Å². The Morgan fingerprint density at radius 2 is 1.52 bits per heavy atom. The van der Waals surface area contributed by atoms with E-state index in [2.05, 4.69) is 5.32 Å². The summed E-state index contributed by atoms with van der Waals surface area (Å²) in [4.78, 5) is 40.0. The van der Waals surface area contributed by atoms with E-state index in [1.54, 1.807) is 0 Å². The summed E-state index contributed by atoms with van der Waals surface area (Å²) >= 11 is 0. The van der Waals surface area contributed by atoms with E-state index in [9.17, 15) is 27.6 Å². The van der Waals surface area contributed by atoms with Gasteiger partial charge in [0.05, 0.1) is 0 Å². The molecule has 0 aliphatic rings. The number of halogens is 3. The van der Waals surface area contributed by atoms with Crippen molar-refractivity contribution in [2.75, 3.05) is 6.54 Å². The number of carboxylic acids is 3. The largest absolute Gasteiger partial charge is 0.490 e. The van der Waals surface area contributed by atoms with E-state index in [-0.39, 0.29) is 12.8 Å². The van der Waals surface area contributed by atoms with Crippen molar-refractivity contribution >= 4 is 23.8 Å². The first-order valence-corrected chi connectivity index (χ1v) is 5.15. The quantitative estimate of drug-likeness (QED) is 0.416. The van der Waals surface area contributed by atoms with Crippen molar-refractivity contribution in [3.8, 4) is 0 Å². The van der Waals surface area contributed by atoms with Crippen LogP contribution in [0.15, 0.2) is 0 Å². The molecule has 21 heavy (non-hydrogen) atoms. The summed E-state index contributed by atoms with van der Waals surface area (Å²) in [5, 5.41) is 25.8. The second-order valence-corrected chi connectivity index (χ2v) is 3.46. The Kier molecular flexibility index (Phi) is 9.49. The molecule has 1 atom stereocenters. The summed E-state index contributed by atoms with van der Waals surface area (Å²) in [6, 6.07) is -1.09. The Morgan fingerprint density at radius 3 is 1.81 bits per heavy atom. The summed E-state index contributed by atoms with van der Waals surface area (Å²) in [7, 11) is 0. The molecule has 6 N–H and O–H groups in total. The topological polar surface area (TPSA) is 167 Å². The minimum Gasteiger partial charge on any atom is -0.480 e. The minimum absolute atomic E-state index is 0.0131. The van der Waals surface area contributed by atoms with Gasteiger partial charge in [-0.2, -0.15) is 13.2 Å². The van der Waals surface area contributed by atoms with Gasteiger partial charge in [-0.15, -0.1) is 0 Å². The van der Waals surface area contributed by atoms with Crippen molar-refractivity contribution in [1.29, 1.82) is 0 Å². The lowest BCUT2D eigenvalue weighted by Gasteiger charge is -2.05. The van der Waals surface area contributed by atoms with Crippen LogP contribution in [0.1, 0.15) is 12.8 Å². The summed E-state index contributed by atoms with van der Waals surface area (Å²) in [6.07, 6.45) is -5.19. The maximum absolute atomic E-state index is 10.9. The Labute approximate surface area is 115 Å². The maximum atomic E-state index is 10.9. The average molecular weight is 318 g/mol. The van der Waals surface area contributed by atoms with Crippen molar-refractivity contribution in [1.82, 2.24) is 5.32 Å². The highest BCUT2D eigenvalue weighted by atomic mass is 19.4. The molecule has 0 rings (SSSR count). The SMILES string of the molecule is NC(CCC(=O)NCC(=O)O)C(=O)O.O=C(O)C(F)(F)F. The number of carbonyl (C=O) groups is 4. The van der Waals surface area contributed by atoms with Gasteiger partial charge in [-0.3, -0.25) is 14.4 Å². The molecule has 0 radical (unpaired) electrons. The normalized spacial score (nSPS) is 11.6. The highest BCUT2D eigenvalue weighted by Crippen LogP contribution is 2.13. The minimum atomic E-state index is -5.08. The van der Waals surface area contributed by atoms with Crippen molar-refractivity contribution < 1.29 is 47.7 Å². The first kappa shape index (κ1) is 20.9. The Hall–Kier alpha value is -2.37. The van der Waals surface area contributed by atoms with Crippen molar-refractivity contribution in [2.45, 2.75) is 25.1 Å². The van der Waals surface area contributed by atoms with E-state index in [1.165, 1.54) is 0 Å². The Morgan fingerprint density at radius 1 is 1.10 bits per heavy atom. The molecule has 12 heteroatoms. The van der Waals surface area contributed by atoms with Crippen LogP contribution in [0.2, 0.25) is 0 Å². The monoisotopic (exact) mass is 318 g/mol. The second kappa shape index (κ2) is 9.52. The van der Waals surface area contributed by atoms with Crippen LogP contribution in [0.25, 0.3) is 0 Å². The van der Waals surface area contributed by atoms with E-state index >= 15 is 0 Å². The molecule has 122 valence electrons. The van der Waals surface area contributed by atoms with Gasteiger partial charge in [0.25, 0.3) is 0 Å². The lowest BCUT2D eigenvalue weighted by Crippen LogP contribution is -2.34. The number of nitrogens with two attached hydrogens (primary N) is 1. The number of amides is 1. The highest BCUT2D eigenvalue weighted by Gasteiger charge is 2.38. The molecule has 0 heterocycles. The summed E-state index contributed by atoms with van der Waals surface area (Å²) in [6.45, 7) is -0.471. The molecule has 1 unspecified atom stereocenters. The van der Waals surface area contributed by atoms with Gasteiger partial charge in [-0.05, 0) is 6.42 Å². The average Bonchev–Trinajstić information content (AvgIpc) is 2.32. The van der Waals surface area contributed by atoms with Crippen LogP contribution >= 0.6 is 0 Å². The third-order valence-electron chi connectivity index (χ3n) is 1.68. The van der Waals surface area contributed by atoms with Crippen molar-refractivity contribution in [3.63, 3.8) is 0 Å². The Bertz CT molecular complexity index is 397. The zero-order valence-electron chi connectivity index (χ0n) is 10.4. The number of nitrogens with one attached hydrogen (secondary N) is 1. The second-order valence-electron chi connectivity index (χ2n) is 3.46. The lowest BCUT2D eigenvalue weighted by atomic mass is 10.1. The molecule has 1 amide bonds. The van der Waals surface area contributed by atoms with Crippen LogP contribution in [0.5, 0.6) is 0 Å². The van der Waals surface area contributed by atoms with E-state index in [0.717, 1.165) is 0 Å². The van der Waals surface area contributed by atoms with Crippen LogP contribution in [0.3, 0.4) is 0 Å². The first-order valence-electron chi connectivity index (χ1n) is 5.15. The molecule has 0 aliphatic carbocycles. The number of rotatable bonds is 6. The molecule has 0 saturated heterocycles. The van der Waals surface area contributed by atoms with Gasteiger partial charge in [0, 0.05) is 6.42 Å². The van der Waals surface area contributed by atoms with Gasteiger partial charge >= 0.3 is 24.1 Å². The fourth-order valence-corrected chi connectivity index (χ4v) is 0.673. The van der Waals surface area contributed by atoms with Gasteiger partial charge in [-0.25, -0.2) is 4.79 Å². The standard InChI is InChI=1S/C7H12N2O5.C2HF3O2/c8-4(7(13)14)1-2-5(10)9-3-6(11)12;3-2(4,5)1(6)7/h4H,1-3,8H2,(H,9,10)(H,11,12)(H,13,14);(H,6,7). The molecule has 0 fully saturated rings. The molecule has 0 aromatic heterocycles. The van der Waals surface area contributed by atoms with Crippen molar-refractivity contribution in [2.24, 2.45) is 5.73 Å². The number of hydrogen-bond acceptors (Lipinski definition) is 5. The zero-order chi connectivity index (χ0) is 17.2. The van der Waals surface area contributed by atoms with Crippen LogP contribution in [0.4, 0.5) is 13.2 Å². The van der Waals surface area contributed by atoms with Crippen molar-refractivity contribution in [3.05, 3.63) is 0 Å². The molecule has 0 spiro atoms. The summed E-state index contributed by atoms with van der Waals surface area (Å²) < 4.78 is 31.7. The van der Waals surface area contributed by atoms with Gasteiger partial charge in [0.15, 0.2) is 0 Å². The van der Waals surface area contributed by atoms with E-state index in [4.69, 9.17) is 25.8 Å². The fourth-order valence-electron chi connectivity index (χ4n) is 0.673. The third kappa shape index (κ3) is 13.9. The Balaban J connectivity index is 0. The molecule has 9 nitrogen and oxygen atoms in total. The summed E-state index contributed by atoms with van der Waals surface area (Å²) in [5.74, 6) is -5.62. The molecule has 0 aromatic carbocycles. The van der Waals surface area contributed by atoms with E-state index in [1.807, 2.05) is 0 Å². The fraction of sp³-hybridized carbons (Fsp3) is 0.556. The molecule has 0 bridgehead atoms. The maximum Gasteiger partial charge on any atom is 0.490 e. The molecule has 0 aromatic rings. The van der Waals surface area contributed by atoms with Crippen LogP contribution in [-0.2, 0) is 19.2 Å². The smallest absolute Gasteiger partial charge is 0.480 e. The lowest BCUT2D eigenvalue weighted by molar-refractivity contribution is -0.192. The number of hydrogen-bond donors (Lipinski definition) is 5. The molecule has 0 saturated carbocycles. The zero-order valence-corrected chi connectivity index (χ0v) is 10.4. The number of carbonyl (C=O) groups excluding carboxylic acids is 1.